The van der Waals surface area contributed by atoms with E-state index in [9.17, 15) is 0 Å². The molecule has 2 aromatic rings. The molecule has 0 bridgehead atoms. The average molecular weight is 406 g/mol. The van der Waals surface area contributed by atoms with Crippen molar-refractivity contribution in [2.24, 2.45) is 10.9 Å². The van der Waals surface area contributed by atoms with Crippen LogP contribution in [-0.4, -0.2) is 49.1 Å². The van der Waals surface area contributed by atoms with Gasteiger partial charge in [0.15, 0.2) is 5.96 Å². The summed E-state index contributed by atoms with van der Waals surface area (Å²) in [4.78, 5) is 13.4. The Hall–Kier alpha value is -1.44. The van der Waals surface area contributed by atoms with Crippen LogP contribution >= 0.6 is 22.7 Å². The van der Waals surface area contributed by atoms with Gasteiger partial charge in [-0.1, -0.05) is 6.07 Å². The molecule has 2 unspecified atom stereocenters. The third-order valence-electron chi connectivity index (χ3n) is 5.01. The molecule has 0 radical (unpaired) electrons. The molecule has 3 heterocycles. The van der Waals surface area contributed by atoms with E-state index in [2.05, 4.69) is 64.3 Å². The number of hydrogen-bond donors (Lipinski definition) is 2. The number of nitrogens with zero attached hydrogens (tertiary/aromatic N) is 3. The lowest BCUT2D eigenvalue weighted by molar-refractivity contribution is 0.128. The molecule has 0 amide bonds. The van der Waals surface area contributed by atoms with E-state index in [1.807, 2.05) is 11.3 Å². The number of nitrogens with one attached hydrogen (secondary N) is 2. The number of rotatable bonds is 7. The van der Waals surface area contributed by atoms with Crippen LogP contribution < -0.4 is 10.6 Å². The quantitative estimate of drug-likeness (QED) is 0.545. The number of hydrogen-bond acceptors (Lipinski definition) is 5. The highest BCUT2D eigenvalue weighted by Gasteiger charge is 2.31. The first kappa shape index (κ1) is 20.3. The van der Waals surface area contributed by atoms with Gasteiger partial charge in [0.25, 0.3) is 0 Å². The van der Waals surface area contributed by atoms with E-state index in [-0.39, 0.29) is 0 Å². The molecular weight excluding hydrogens is 374 g/mol. The second-order valence-electron chi connectivity index (χ2n) is 7.10. The van der Waals surface area contributed by atoms with Gasteiger partial charge < -0.3 is 10.6 Å². The summed E-state index contributed by atoms with van der Waals surface area (Å²) in [5.41, 5.74) is 1.16. The fraction of sp³-hybridized carbons (Fsp3) is 0.600. The zero-order valence-corrected chi connectivity index (χ0v) is 18.2. The lowest BCUT2D eigenvalue weighted by Crippen LogP contribution is -2.40. The van der Waals surface area contributed by atoms with E-state index in [4.69, 9.17) is 4.99 Å². The van der Waals surface area contributed by atoms with Crippen molar-refractivity contribution < 1.29 is 0 Å². The summed E-state index contributed by atoms with van der Waals surface area (Å²) < 4.78 is 0. The maximum Gasteiger partial charge on any atom is 0.191 e. The Balaban J connectivity index is 1.58. The summed E-state index contributed by atoms with van der Waals surface area (Å²) in [7, 11) is 2.25. The van der Waals surface area contributed by atoms with Gasteiger partial charge >= 0.3 is 0 Å². The maximum absolute atomic E-state index is 4.92. The van der Waals surface area contributed by atoms with Gasteiger partial charge in [-0.3, -0.25) is 9.89 Å². The molecular formula is C20H31N5S2. The van der Waals surface area contributed by atoms with E-state index in [1.54, 1.807) is 11.3 Å². The van der Waals surface area contributed by atoms with Crippen LogP contribution in [0.1, 0.15) is 41.4 Å². The van der Waals surface area contributed by atoms with Crippen LogP contribution in [0.25, 0.3) is 0 Å². The topological polar surface area (TPSA) is 52.6 Å². The number of piperidine rings is 1. The van der Waals surface area contributed by atoms with Crippen molar-refractivity contribution in [3.63, 3.8) is 0 Å². The molecule has 2 N–H and O–H groups in total. The standard InChI is InChI=1S/C20H31N5S2/c1-4-21-20(22-10-9-17-14-27-15(2)24-17)23-13-16-7-5-11-25(3)19(16)18-8-6-12-26-18/h6,8,12,14,16,19H,4-5,7,9-11,13H2,1-3H3,(H2,21,22,23). The Morgan fingerprint density at radius 2 is 2.26 bits per heavy atom. The van der Waals surface area contributed by atoms with Crippen LogP contribution in [0.5, 0.6) is 0 Å². The van der Waals surface area contributed by atoms with Crippen LogP contribution in [-0.2, 0) is 6.42 Å². The number of likely N-dealkylation sites (tertiary alicyclic amines) is 1. The molecule has 1 aliphatic rings. The molecule has 0 aromatic carbocycles. The van der Waals surface area contributed by atoms with Gasteiger partial charge in [-0.05, 0) is 57.6 Å². The van der Waals surface area contributed by atoms with Crippen molar-refractivity contribution in [1.29, 1.82) is 0 Å². The molecule has 1 fully saturated rings. The van der Waals surface area contributed by atoms with Crippen molar-refractivity contribution in [2.75, 3.05) is 33.2 Å². The Morgan fingerprint density at radius 1 is 1.37 bits per heavy atom. The Labute approximate surface area is 170 Å². The highest BCUT2D eigenvalue weighted by atomic mass is 32.1. The molecule has 1 saturated heterocycles. The van der Waals surface area contributed by atoms with Crippen LogP contribution in [0.3, 0.4) is 0 Å². The molecule has 3 rings (SSSR count). The zero-order chi connectivity index (χ0) is 19.1. The first-order valence-electron chi connectivity index (χ1n) is 9.84. The first-order valence-corrected chi connectivity index (χ1v) is 11.6. The van der Waals surface area contributed by atoms with Crippen molar-refractivity contribution in [2.45, 2.75) is 39.2 Å². The van der Waals surface area contributed by atoms with Crippen LogP contribution in [0.4, 0.5) is 0 Å². The minimum atomic E-state index is 0.489. The van der Waals surface area contributed by atoms with E-state index < -0.39 is 0 Å². The van der Waals surface area contributed by atoms with Crippen molar-refractivity contribution in [3.8, 4) is 0 Å². The summed E-state index contributed by atoms with van der Waals surface area (Å²) in [5.74, 6) is 1.49. The van der Waals surface area contributed by atoms with Gasteiger partial charge in [-0.15, -0.1) is 22.7 Å². The largest absolute Gasteiger partial charge is 0.357 e. The second-order valence-corrected chi connectivity index (χ2v) is 9.14. The SMILES string of the molecule is CCNC(=NCC1CCCN(C)C1c1cccs1)NCCc1csc(C)n1. The highest BCUT2D eigenvalue weighted by Crippen LogP contribution is 2.37. The monoisotopic (exact) mass is 405 g/mol. The summed E-state index contributed by atoms with van der Waals surface area (Å²) >= 11 is 3.58. The fourth-order valence-electron chi connectivity index (χ4n) is 3.74. The molecule has 1 aliphatic heterocycles. The molecule has 0 spiro atoms. The highest BCUT2D eigenvalue weighted by molar-refractivity contribution is 7.10. The Morgan fingerprint density at radius 3 is 2.96 bits per heavy atom. The molecule has 148 valence electrons. The predicted octanol–water partition coefficient (Wildman–Crippen LogP) is 3.69. The lowest BCUT2D eigenvalue weighted by Gasteiger charge is -2.38. The molecule has 2 aromatic heterocycles. The molecule has 7 heteroatoms. The van der Waals surface area contributed by atoms with Gasteiger partial charge in [0.1, 0.15) is 0 Å². The summed E-state index contributed by atoms with van der Waals surface area (Å²) in [6.07, 6.45) is 3.43. The van der Waals surface area contributed by atoms with E-state index in [0.717, 1.165) is 42.7 Å². The Bertz CT molecular complexity index is 710. The summed E-state index contributed by atoms with van der Waals surface area (Å²) in [6.45, 7) is 7.93. The Kier molecular flexibility index (Phi) is 7.67. The molecule has 5 nitrogen and oxygen atoms in total. The van der Waals surface area contributed by atoms with Gasteiger partial charge in [-0.2, -0.15) is 0 Å². The maximum atomic E-state index is 4.92. The second kappa shape index (κ2) is 10.2. The summed E-state index contributed by atoms with van der Waals surface area (Å²) in [5, 5.41) is 12.3. The van der Waals surface area contributed by atoms with Crippen LogP contribution in [0.15, 0.2) is 27.9 Å². The molecule has 27 heavy (non-hydrogen) atoms. The van der Waals surface area contributed by atoms with Gasteiger partial charge in [-0.25, -0.2) is 4.98 Å². The average Bonchev–Trinajstić information content (AvgIpc) is 3.31. The smallest absolute Gasteiger partial charge is 0.191 e. The number of aryl methyl sites for hydroxylation is 1. The van der Waals surface area contributed by atoms with E-state index in [1.165, 1.54) is 24.3 Å². The molecule has 2 atom stereocenters. The van der Waals surface area contributed by atoms with Crippen LogP contribution in [0.2, 0.25) is 0 Å². The lowest BCUT2D eigenvalue weighted by atomic mass is 9.88. The number of thiazole rings is 1. The first-order chi connectivity index (χ1) is 13.2. The third-order valence-corrected chi connectivity index (χ3v) is 6.78. The number of thiophene rings is 1. The number of aliphatic imine (C=N–C) groups is 1. The van der Waals surface area contributed by atoms with Crippen molar-refractivity contribution >= 4 is 28.6 Å². The molecule has 0 aliphatic carbocycles. The van der Waals surface area contributed by atoms with Gasteiger partial charge in [0.2, 0.25) is 0 Å². The van der Waals surface area contributed by atoms with Crippen LogP contribution in [0, 0.1) is 12.8 Å². The minimum Gasteiger partial charge on any atom is -0.357 e. The third kappa shape index (κ3) is 5.77. The number of aromatic nitrogens is 1. The normalized spacial score (nSPS) is 21.4. The van der Waals surface area contributed by atoms with E-state index in [0.29, 0.717) is 12.0 Å². The zero-order valence-electron chi connectivity index (χ0n) is 16.6. The van der Waals surface area contributed by atoms with Gasteiger partial charge in [0.05, 0.1) is 10.7 Å². The van der Waals surface area contributed by atoms with Gasteiger partial charge in [0, 0.05) is 42.4 Å². The fourth-order valence-corrected chi connectivity index (χ4v) is 5.37. The summed E-state index contributed by atoms with van der Waals surface area (Å²) in [6, 6.07) is 4.92. The van der Waals surface area contributed by atoms with E-state index >= 15 is 0 Å². The number of guanidine groups is 1. The minimum absolute atomic E-state index is 0.489. The van der Waals surface area contributed by atoms with Crippen molar-refractivity contribution in [1.82, 2.24) is 20.5 Å². The van der Waals surface area contributed by atoms with Crippen molar-refractivity contribution in [3.05, 3.63) is 38.5 Å². The predicted molar refractivity (Wildman–Crippen MR) is 117 cm³/mol. The molecule has 0 saturated carbocycles.